The normalized spacial score (nSPS) is 16.7. The molecule has 1 heterocycles. The van der Waals surface area contributed by atoms with Crippen LogP contribution in [-0.2, 0) is 10.0 Å². The molecule has 3 rings (SSSR count). The van der Waals surface area contributed by atoms with Crippen molar-refractivity contribution >= 4 is 10.0 Å². The lowest BCUT2D eigenvalue weighted by Gasteiger charge is -2.35. The summed E-state index contributed by atoms with van der Waals surface area (Å²) in [4.78, 5) is 1.96. The summed E-state index contributed by atoms with van der Waals surface area (Å²) in [6.45, 7) is 3.67. The number of ether oxygens (including phenoxy) is 1. The molecule has 1 N–H and O–H groups in total. The fourth-order valence-corrected chi connectivity index (χ4v) is 4.89. The van der Waals surface area contributed by atoms with Crippen molar-refractivity contribution in [3.05, 3.63) is 59.4 Å². The molecule has 5 nitrogen and oxygen atoms in total. The Hall–Kier alpha value is -1.96. The third-order valence-electron chi connectivity index (χ3n) is 5.17. The average Bonchev–Trinajstić information content (AvgIpc) is 2.71. The van der Waals surface area contributed by atoms with Crippen LogP contribution in [0.5, 0.6) is 5.75 Å². The van der Waals surface area contributed by atoms with E-state index < -0.39 is 15.8 Å². The molecule has 1 aliphatic rings. The van der Waals surface area contributed by atoms with E-state index >= 15 is 0 Å². The van der Waals surface area contributed by atoms with Crippen LogP contribution in [0, 0.1) is 12.7 Å². The zero-order valence-corrected chi connectivity index (χ0v) is 17.1. The van der Waals surface area contributed by atoms with Crippen molar-refractivity contribution < 1.29 is 17.5 Å². The molecule has 2 aromatic carbocycles. The van der Waals surface area contributed by atoms with E-state index in [1.165, 1.54) is 18.6 Å². The predicted molar refractivity (Wildman–Crippen MR) is 107 cm³/mol. The van der Waals surface area contributed by atoms with Gasteiger partial charge in [0.1, 0.15) is 16.5 Å². The number of para-hydroxylation sites is 1. The number of nitrogens with zero attached hydrogens (tertiary/aromatic N) is 1. The summed E-state index contributed by atoms with van der Waals surface area (Å²) in [6.07, 6.45) is 3.32. The van der Waals surface area contributed by atoms with Gasteiger partial charge >= 0.3 is 0 Å². The molecule has 0 saturated carbocycles. The van der Waals surface area contributed by atoms with Gasteiger partial charge in [-0.3, -0.25) is 4.90 Å². The highest BCUT2D eigenvalue weighted by Gasteiger charge is 2.27. The second-order valence-electron chi connectivity index (χ2n) is 7.14. The number of benzene rings is 2. The molecule has 0 aromatic heterocycles. The second-order valence-corrected chi connectivity index (χ2v) is 8.88. The third kappa shape index (κ3) is 4.71. The van der Waals surface area contributed by atoms with Crippen LogP contribution in [0.1, 0.15) is 36.4 Å². The minimum atomic E-state index is -3.97. The molecule has 152 valence electrons. The first-order valence-electron chi connectivity index (χ1n) is 9.55. The summed E-state index contributed by atoms with van der Waals surface area (Å²) < 4.78 is 47.8. The van der Waals surface area contributed by atoms with Gasteiger partial charge in [0.05, 0.1) is 13.2 Å². The van der Waals surface area contributed by atoms with Crippen LogP contribution in [0.4, 0.5) is 4.39 Å². The first-order valence-corrected chi connectivity index (χ1v) is 11.0. The molecule has 0 spiro atoms. The number of hydrogen-bond donors (Lipinski definition) is 1. The Labute approximate surface area is 166 Å². The van der Waals surface area contributed by atoms with E-state index in [2.05, 4.69) is 9.62 Å². The molecule has 1 fully saturated rings. The van der Waals surface area contributed by atoms with Crippen molar-refractivity contribution in [1.29, 1.82) is 0 Å². The van der Waals surface area contributed by atoms with Gasteiger partial charge in [0.15, 0.2) is 0 Å². The molecule has 7 heteroatoms. The summed E-state index contributed by atoms with van der Waals surface area (Å²) in [5.41, 5.74) is 1.62. The van der Waals surface area contributed by atoms with Gasteiger partial charge in [-0.2, -0.15) is 0 Å². The molecule has 0 radical (unpaired) electrons. The van der Waals surface area contributed by atoms with Crippen LogP contribution >= 0.6 is 0 Å². The predicted octanol–water partition coefficient (Wildman–Crippen LogP) is 3.65. The molecule has 28 heavy (non-hydrogen) atoms. The first-order chi connectivity index (χ1) is 13.4. The van der Waals surface area contributed by atoms with Crippen molar-refractivity contribution in [2.24, 2.45) is 0 Å². The van der Waals surface area contributed by atoms with Gasteiger partial charge in [-0.1, -0.05) is 30.7 Å². The number of methoxy groups -OCH3 is 1. The van der Waals surface area contributed by atoms with Crippen LogP contribution in [0.2, 0.25) is 0 Å². The highest BCUT2D eigenvalue weighted by Crippen LogP contribution is 2.31. The topological polar surface area (TPSA) is 58.6 Å². The summed E-state index contributed by atoms with van der Waals surface area (Å²) in [5, 5.41) is 0. The quantitative estimate of drug-likeness (QED) is 0.763. The summed E-state index contributed by atoms with van der Waals surface area (Å²) in [7, 11) is -2.36. The molecule has 2 aromatic rings. The first kappa shape index (κ1) is 20.8. The maximum atomic E-state index is 14.1. The molecule has 1 aliphatic heterocycles. The summed E-state index contributed by atoms with van der Waals surface area (Å²) in [5.74, 6) is -0.0241. The Kier molecular flexibility index (Phi) is 6.69. The van der Waals surface area contributed by atoms with Crippen LogP contribution in [0.3, 0.4) is 0 Å². The number of likely N-dealkylation sites (tertiary alicyclic amines) is 1. The molecule has 0 bridgehead atoms. The SMILES string of the molecule is COc1ccccc1[C@@H](CNS(=O)(=O)c1cc(C)ccc1F)N1CCCCC1. The van der Waals surface area contributed by atoms with Gasteiger partial charge in [0.25, 0.3) is 0 Å². The fraction of sp³-hybridized carbons (Fsp3) is 0.429. The van der Waals surface area contributed by atoms with Crippen LogP contribution in [0.15, 0.2) is 47.4 Å². The van der Waals surface area contributed by atoms with Crippen molar-refractivity contribution in [2.75, 3.05) is 26.7 Å². The standard InChI is InChI=1S/C21H27FN2O3S/c1-16-10-11-18(22)21(14-16)28(25,26)23-15-19(24-12-6-3-7-13-24)17-8-4-5-9-20(17)27-2/h4-5,8-11,14,19,23H,3,6-7,12-13,15H2,1-2H3/t19-/m1/s1. The molecule has 1 atom stereocenters. The number of sulfonamides is 1. The van der Waals surface area contributed by atoms with E-state index in [1.807, 2.05) is 24.3 Å². The van der Waals surface area contributed by atoms with Gasteiger partial charge in [-0.05, 0) is 56.6 Å². The number of piperidine rings is 1. The lowest BCUT2D eigenvalue weighted by atomic mass is 10.0. The maximum Gasteiger partial charge on any atom is 0.243 e. The van der Waals surface area contributed by atoms with Crippen molar-refractivity contribution in [2.45, 2.75) is 37.1 Å². The van der Waals surface area contributed by atoms with E-state index in [0.29, 0.717) is 5.56 Å². The van der Waals surface area contributed by atoms with E-state index in [0.717, 1.165) is 37.2 Å². The molecule has 0 unspecified atom stereocenters. The van der Waals surface area contributed by atoms with E-state index in [9.17, 15) is 12.8 Å². The van der Waals surface area contributed by atoms with Gasteiger partial charge in [-0.15, -0.1) is 0 Å². The Morgan fingerprint density at radius 3 is 2.57 bits per heavy atom. The third-order valence-corrected chi connectivity index (χ3v) is 6.61. The minimum absolute atomic E-state index is 0.149. The molecule has 0 aliphatic carbocycles. The zero-order valence-electron chi connectivity index (χ0n) is 16.3. The Morgan fingerprint density at radius 1 is 1.14 bits per heavy atom. The smallest absolute Gasteiger partial charge is 0.243 e. The molecular formula is C21H27FN2O3S. The number of rotatable bonds is 7. The lowest BCUT2D eigenvalue weighted by molar-refractivity contribution is 0.162. The van der Waals surface area contributed by atoms with Crippen LogP contribution < -0.4 is 9.46 Å². The largest absolute Gasteiger partial charge is 0.496 e. The van der Waals surface area contributed by atoms with Gasteiger partial charge in [-0.25, -0.2) is 17.5 Å². The van der Waals surface area contributed by atoms with Gasteiger partial charge in [0.2, 0.25) is 10.0 Å². The second kappa shape index (κ2) is 9.03. The molecule has 1 saturated heterocycles. The number of nitrogens with one attached hydrogen (secondary N) is 1. The maximum absolute atomic E-state index is 14.1. The number of halogens is 1. The van der Waals surface area contributed by atoms with E-state index in [-0.39, 0.29) is 17.5 Å². The van der Waals surface area contributed by atoms with Crippen LogP contribution in [0.25, 0.3) is 0 Å². The lowest BCUT2D eigenvalue weighted by Crippen LogP contribution is -2.41. The Balaban J connectivity index is 1.88. The van der Waals surface area contributed by atoms with Crippen molar-refractivity contribution in [1.82, 2.24) is 9.62 Å². The molecule has 0 amide bonds. The minimum Gasteiger partial charge on any atom is -0.496 e. The highest BCUT2D eigenvalue weighted by molar-refractivity contribution is 7.89. The Morgan fingerprint density at radius 2 is 1.86 bits per heavy atom. The monoisotopic (exact) mass is 406 g/mol. The summed E-state index contributed by atoms with van der Waals surface area (Å²) in [6, 6.07) is 11.6. The van der Waals surface area contributed by atoms with Crippen LogP contribution in [-0.4, -0.2) is 40.1 Å². The van der Waals surface area contributed by atoms with E-state index in [4.69, 9.17) is 4.74 Å². The summed E-state index contributed by atoms with van der Waals surface area (Å²) >= 11 is 0. The van der Waals surface area contributed by atoms with Gasteiger partial charge in [0, 0.05) is 12.1 Å². The zero-order chi connectivity index (χ0) is 20.1. The fourth-order valence-electron chi connectivity index (χ4n) is 3.69. The van der Waals surface area contributed by atoms with E-state index in [1.54, 1.807) is 20.1 Å². The highest BCUT2D eigenvalue weighted by atomic mass is 32.2. The number of hydrogen-bond acceptors (Lipinski definition) is 4. The Bertz CT molecular complexity index is 912. The average molecular weight is 407 g/mol. The van der Waals surface area contributed by atoms with Crippen molar-refractivity contribution in [3.8, 4) is 5.75 Å². The van der Waals surface area contributed by atoms with Gasteiger partial charge < -0.3 is 4.74 Å². The number of aryl methyl sites for hydroxylation is 1. The van der Waals surface area contributed by atoms with Crippen molar-refractivity contribution in [3.63, 3.8) is 0 Å². The molecular weight excluding hydrogens is 379 g/mol.